The van der Waals surface area contributed by atoms with Crippen LogP contribution in [0, 0.1) is 40.5 Å². The Morgan fingerprint density at radius 3 is 0.769 bits per heavy atom. The number of benzene rings is 4. The summed E-state index contributed by atoms with van der Waals surface area (Å²) in [5, 5.41) is 50.3. The van der Waals surface area contributed by atoms with Crippen LogP contribution in [-0.4, -0.2) is 91.9 Å². The molecule has 0 saturated heterocycles. The number of nitro benzene ring substituents is 4. The first-order valence-electron chi connectivity index (χ1n) is 22.1. The Bertz CT molecular complexity index is 3520. The number of methoxy groups -OCH3 is 4. The van der Waals surface area contributed by atoms with E-state index >= 15 is 0 Å². The molecule has 8 bridgehead atoms. The minimum atomic E-state index is -0.987. The van der Waals surface area contributed by atoms with Gasteiger partial charge in [-0.05, 0) is 95.1 Å². The Labute approximate surface area is 453 Å². The number of hydrogen-bond acceptors (Lipinski definition) is 18. The molecule has 9 rings (SSSR count). The Morgan fingerprint density at radius 2 is 0.590 bits per heavy atom. The second-order valence-electron chi connectivity index (χ2n) is 16.4. The van der Waals surface area contributed by atoms with E-state index in [-0.39, 0.29) is 141 Å². The number of ether oxygens (including phenoxy) is 4. The molecule has 7 aromatic rings. The van der Waals surface area contributed by atoms with Crippen LogP contribution in [0.15, 0.2) is 97.1 Å². The standard InChI is InChI=1S/C52H34N8O16.ClH.Mn/c1-73-49(61)29-9-5-25(21-41(29)57(65)66)45-33-13-15-35(53-33)46(26-6-10-30(50(62)74-2)42(22-26)58(67)68)37-17-19-39(55-37)48(28-8-12-32(52(64)76-4)44(24-28)60(71)72)40-20-18-38(56-40)47(36-16-14-34(45)54-36)27-7-11-31(51(63)75-3)43(23-27)59(69)70;;/h5-24,53,56H,1-4H3;1H;/p-1. The predicted octanol–water partition coefficient (Wildman–Crippen LogP) is 7.10. The molecule has 0 amide bonds. The molecule has 0 spiro atoms. The first-order valence-corrected chi connectivity index (χ1v) is 22.1. The molecule has 5 heterocycles. The van der Waals surface area contributed by atoms with Gasteiger partial charge in [-0.3, -0.25) is 40.5 Å². The van der Waals surface area contributed by atoms with Gasteiger partial charge in [0.15, 0.2) is 0 Å². The molecule has 1 radical (unpaired) electrons. The number of nitrogens with zero attached hydrogens (tertiary/aromatic N) is 6. The van der Waals surface area contributed by atoms with Crippen molar-refractivity contribution in [1.82, 2.24) is 19.9 Å². The number of aromatic amines is 2. The van der Waals surface area contributed by atoms with Gasteiger partial charge in [0.1, 0.15) is 22.3 Å². The maximum absolute atomic E-state index is 12.8. The Hall–Kier alpha value is -10.2. The summed E-state index contributed by atoms with van der Waals surface area (Å²) in [6.45, 7) is 0. The molecule has 78 heavy (non-hydrogen) atoms. The number of carbonyl (C=O) groups is 4. The zero-order valence-corrected chi connectivity index (χ0v) is 42.5. The van der Waals surface area contributed by atoms with E-state index in [0.717, 1.165) is 52.7 Å². The molecular formula is C52H34ClMnN8O16-. The molecule has 2 aliphatic heterocycles. The van der Waals surface area contributed by atoms with Crippen LogP contribution in [0.5, 0.6) is 0 Å². The summed E-state index contributed by atoms with van der Waals surface area (Å²) in [6.07, 6.45) is 6.25. The summed E-state index contributed by atoms with van der Waals surface area (Å²) in [6, 6.07) is 21.5. The van der Waals surface area contributed by atoms with Crippen LogP contribution in [0.4, 0.5) is 22.7 Å². The van der Waals surface area contributed by atoms with E-state index in [2.05, 4.69) is 9.97 Å². The van der Waals surface area contributed by atoms with Crippen LogP contribution in [0.3, 0.4) is 0 Å². The topological polar surface area (TPSA) is 335 Å². The van der Waals surface area contributed by atoms with Crippen molar-refractivity contribution in [2.75, 3.05) is 28.4 Å². The second-order valence-corrected chi connectivity index (χ2v) is 16.4. The maximum Gasteiger partial charge on any atom is 0.344 e. The summed E-state index contributed by atoms with van der Waals surface area (Å²) < 4.78 is 19.3. The first kappa shape index (κ1) is 55.5. The Morgan fingerprint density at radius 1 is 0.385 bits per heavy atom. The van der Waals surface area contributed by atoms with E-state index in [4.69, 9.17) is 28.9 Å². The van der Waals surface area contributed by atoms with Gasteiger partial charge >= 0.3 is 23.9 Å². The van der Waals surface area contributed by atoms with Gasteiger partial charge in [-0.2, -0.15) is 0 Å². The van der Waals surface area contributed by atoms with Crippen molar-refractivity contribution in [1.29, 1.82) is 0 Å². The molecular weight excluding hydrogens is 1080 g/mol. The van der Waals surface area contributed by atoms with Gasteiger partial charge in [-0.1, -0.05) is 24.3 Å². The summed E-state index contributed by atoms with van der Waals surface area (Å²) in [4.78, 5) is 115. The third-order valence-corrected chi connectivity index (χ3v) is 12.3. The van der Waals surface area contributed by atoms with Crippen molar-refractivity contribution in [2.24, 2.45) is 0 Å². The fraction of sp³-hybridized carbons (Fsp3) is 0.0769. The van der Waals surface area contributed by atoms with Crippen LogP contribution < -0.4 is 12.4 Å². The zero-order valence-electron chi connectivity index (χ0n) is 40.5. The van der Waals surface area contributed by atoms with Crippen LogP contribution in [0.2, 0.25) is 0 Å². The quantitative estimate of drug-likeness (QED) is 0.0405. The molecule has 0 fully saturated rings. The van der Waals surface area contributed by atoms with Crippen LogP contribution in [0.1, 0.15) is 64.2 Å². The minimum Gasteiger partial charge on any atom is -1.00 e. The molecule has 2 aliphatic rings. The predicted molar refractivity (Wildman–Crippen MR) is 273 cm³/mol. The van der Waals surface area contributed by atoms with Gasteiger partial charge in [0.25, 0.3) is 22.7 Å². The number of H-pyrrole nitrogens is 2. The summed E-state index contributed by atoms with van der Waals surface area (Å²) in [5.74, 6) is -3.95. The minimum absolute atomic E-state index is 0. The van der Waals surface area contributed by atoms with Crippen molar-refractivity contribution in [3.05, 3.63) is 183 Å². The molecule has 0 saturated carbocycles. The average Bonchev–Trinajstić information content (AvgIpc) is 4.34. The molecule has 4 aromatic carbocycles. The smallest absolute Gasteiger partial charge is 0.344 e. The average molecular weight is 1120 g/mol. The molecule has 0 atom stereocenters. The van der Waals surface area contributed by atoms with Gasteiger partial charge in [-0.15, -0.1) is 0 Å². The fourth-order valence-electron chi connectivity index (χ4n) is 8.90. The molecule has 24 nitrogen and oxygen atoms in total. The van der Waals surface area contributed by atoms with Crippen molar-refractivity contribution in [3.8, 4) is 44.5 Å². The number of aromatic nitrogens is 4. The van der Waals surface area contributed by atoms with Crippen molar-refractivity contribution in [2.45, 2.75) is 0 Å². The monoisotopic (exact) mass is 1120 g/mol. The molecule has 0 unspecified atom stereocenters. The van der Waals surface area contributed by atoms with Crippen LogP contribution in [-0.2, 0) is 36.0 Å². The van der Waals surface area contributed by atoms with Gasteiger partial charge in [0.2, 0.25) is 0 Å². The number of nitro groups is 4. The number of nitrogens with one attached hydrogen (secondary N) is 2. The summed E-state index contributed by atoms with van der Waals surface area (Å²) in [7, 11) is 4.26. The number of esters is 4. The van der Waals surface area contributed by atoms with Crippen LogP contribution >= 0.6 is 0 Å². The third kappa shape index (κ3) is 10.0. The Balaban J connectivity index is 0.00000441. The second kappa shape index (κ2) is 22.3. The maximum atomic E-state index is 12.8. The number of hydrogen-bond donors (Lipinski definition) is 2. The fourth-order valence-corrected chi connectivity index (χ4v) is 8.90. The van der Waals surface area contributed by atoms with Gasteiger partial charge < -0.3 is 41.3 Å². The number of halogens is 1. The zero-order chi connectivity index (χ0) is 54.3. The van der Waals surface area contributed by atoms with Crippen LogP contribution in [0.25, 0.3) is 90.9 Å². The third-order valence-electron chi connectivity index (χ3n) is 12.3. The normalized spacial score (nSPS) is 11.1. The first-order chi connectivity index (χ1) is 36.5. The van der Waals surface area contributed by atoms with E-state index in [1.165, 1.54) is 48.5 Å². The van der Waals surface area contributed by atoms with E-state index in [1.54, 1.807) is 48.6 Å². The number of rotatable bonds is 12. The van der Waals surface area contributed by atoms with Gasteiger partial charge in [0, 0.05) is 85.7 Å². The van der Waals surface area contributed by atoms with E-state index < -0.39 is 66.3 Å². The van der Waals surface area contributed by atoms with E-state index in [1.807, 2.05) is 0 Å². The van der Waals surface area contributed by atoms with Crippen molar-refractivity contribution < 1.29 is 87.3 Å². The summed E-state index contributed by atoms with van der Waals surface area (Å²) >= 11 is 0. The van der Waals surface area contributed by atoms with E-state index in [9.17, 15) is 59.6 Å². The molecule has 0 aliphatic carbocycles. The Kier molecular flexibility index (Phi) is 15.9. The largest absolute Gasteiger partial charge is 1.00 e. The number of fused-ring (bicyclic) bond motifs is 8. The molecule has 3 aromatic heterocycles. The van der Waals surface area contributed by atoms with Gasteiger partial charge in [0.05, 0.1) is 70.9 Å². The van der Waals surface area contributed by atoms with Crippen molar-refractivity contribution >= 4 is 93.0 Å². The molecule has 393 valence electrons. The van der Waals surface area contributed by atoms with E-state index in [0.29, 0.717) is 0 Å². The summed E-state index contributed by atoms with van der Waals surface area (Å²) in [5.41, 5.74) is -0.932. The van der Waals surface area contributed by atoms with Gasteiger partial charge in [-0.25, -0.2) is 29.1 Å². The van der Waals surface area contributed by atoms with Crippen molar-refractivity contribution in [3.63, 3.8) is 0 Å². The number of carbonyl (C=O) groups excluding carboxylic acids is 4. The molecule has 2 N–H and O–H groups in total. The molecule has 26 heteroatoms. The SMILES string of the molecule is COC(=O)c1ccc(-c2c3nc(c(-c4ccc(C(=O)OC)c([N+](=O)[O-])c4)c4ccc([nH]4)c(-c4ccc(C(=O)OC)c([N+](=O)[O-])c4)c4nc(c(-c5ccc(C(=O)OC)c([N+](=O)[O-])c5)c5ccc2[nH]5)C=C4)C=C3)cc1[N+](=O)[O-].[Cl-].[Mn].